The molecule has 0 amide bonds. The number of hydrogen-bond donors (Lipinski definition) is 2. The van der Waals surface area contributed by atoms with Crippen LogP contribution in [0.3, 0.4) is 0 Å². The van der Waals surface area contributed by atoms with E-state index in [2.05, 4.69) is 27.0 Å². The van der Waals surface area contributed by atoms with Gasteiger partial charge in [0.15, 0.2) is 0 Å². The molecule has 4 heteroatoms. The average Bonchev–Trinajstić information content (AvgIpc) is 3.03. The summed E-state index contributed by atoms with van der Waals surface area (Å²) < 4.78 is 0. The van der Waals surface area contributed by atoms with Crippen LogP contribution in [0.4, 0.5) is 0 Å². The second-order valence-corrected chi connectivity index (χ2v) is 5.52. The van der Waals surface area contributed by atoms with Gasteiger partial charge in [-0.25, -0.2) is 4.98 Å². The van der Waals surface area contributed by atoms with E-state index in [9.17, 15) is 0 Å². The number of likely N-dealkylation sites (tertiary alicyclic amines) is 1. The van der Waals surface area contributed by atoms with Gasteiger partial charge in [-0.1, -0.05) is 24.3 Å². The summed E-state index contributed by atoms with van der Waals surface area (Å²) in [7, 11) is 0. The van der Waals surface area contributed by atoms with Gasteiger partial charge in [-0.2, -0.15) is 0 Å². The molecule has 1 fully saturated rings. The molecule has 20 heavy (non-hydrogen) atoms. The Morgan fingerprint density at radius 3 is 2.75 bits per heavy atom. The van der Waals surface area contributed by atoms with Gasteiger partial charge in [0.05, 0.1) is 6.61 Å². The number of aliphatic hydroxyl groups excluding tert-OH is 1. The lowest BCUT2D eigenvalue weighted by Crippen LogP contribution is -2.34. The predicted molar refractivity (Wildman–Crippen MR) is 78.2 cm³/mol. The van der Waals surface area contributed by atoms with Gasteiger partial charge in [-0.3, -0.25) is 4.90 Å². The minimum atomic E-state index is 0.116. The summed E-state index contributed by atoms with van der Waals surface area (Å²) in [5, 5.41) is 9.07. The van der Waals surface area contributed by atoms with Gasteiger partial charge in [-0.15, -0.1) is 0 Å². The summed E-state index contributed by atoms with van der Waals surface area (Å²) >= 11 is 0. The molecular weight excluding hydrogens is 250 g/mol. The molecule has 2 heterocycles. The summed E-state index contributed by atoms with van der Waals surface area (Å²) in [5.41, 5.74) is 2.28. The average molecular weight is 271 g/mol. The fourth-order valence-corrected chi connectivity index (χ4v) is 2.93. The first-order valence-electron chi connectivity index (χ1n) is 7.25. The second-order valence-electron chi connectivity index (χ2n) is 5.52. The van der Waals surface area contributed by atoms with E-state index < -0.39 is 0 Å². The Kier molecular flexibility index (Phi) is 4.14. The van der Waals surface area contributed by atoms with Crippen molar-refractivity contribution < 1.29 is 5.11 Å². The number of imidazole rings is 1. The van der Waals surface area contributed by atoms with Gasteiger partial charge in [0, 0.05) is 31.4 Å². The minimum Gasteiger partial charge on any atom is -0.392 e. The summed E-state index contributed by atoms with van der Waals surface area (Å²) in [6.45, 7) is 3.31. The molecule has 4 nitrogen and oxygen atoms in total. The van der Waals surface area contributed by atoms with Crippen LogP contribution in [0.2, 0.25) is 0 Å². The first kappa shape index (κ1) is 13.3. The fourth-order valence-electron chi connectivity index (χ4n) is 2.93. The van der Waals surface area contributed by atoms with Crippen LogP contribution < -0.4 is 0 Å². The first-order valence-corrected chi connectivity index (χ1v) is 7.25. The highest BCUT2D eigenvalue weighted by Gasteiger charge is 2.22. The standard InChI is InChI=1S/C16H21N3O/c20-12-14-5-3-13(4-6-14)10-19-9-1-2-15(11-19)16-17-7-8-18-16/h3-8,15,20H,1-2,9-12H2,(H,17,18). The molecule has 2 aromatic rings. The largest absolute Gasteiger partial charge is 0.392 e. The maximum atomic E-state index is 9.07. The molecule has 1 aromatic carbocycles. The maximum absolute atomic E-state index is 9.07. The highest BCUT2D eigenvalue weighted by molar-refractivity contribution is 5.22. The van der Waals surface area contributed by atoms with E-state index in [4.69, 9.17) is 5.11 Å². The number of nitrogens with one attached hydrogen (secondary N) is 1. The molecule has 3 rings (SSSR count). The van der Waals surface area contributed by atoms with Crippen molar-refractivity contribution >= 4 is 0 Å². The zero-order valence-corrected chi connectivity index (χ0v) is 11.6. The van der Waals surface area contributed by atoms with Crippen molar-refractivity contribution in [3.05, 3.63) is 53.6 Å². The topological polar surface area (TPSA) is 52.1 Å². The number of hydrogen-bond acceptors (Lipinski definition) is 3. The Bertz CT molecular complexity index is 521. The molecule has 0 saturated carbocycles. The van der Waals surface area contributed by atoms with Crippen molar-refractivity contribution in [2.75, 3.05) is 13.1 Å². The highest BCUT2D eigenvalue weighted by atomic mass is 16.3. The van der Waals surface area contributed by atoms with Crippen molar-refractivity contribution in [2.45, 2.75) is 31.9 Å². The normalized spacial score (nSPS) is 20.1. The zero-order chi connectivity index (χ0) is 13.8. The summed E-state index contributed by atoms with van der Waals surface area (Å²) in [4.78, 5) is 10.1. The molecular formula is C16H21N3O. The molecule has 1 atom stereocenters. The number of piperidine rings is 1. The van der Waals surface area contributed by atoms with E-state index >= 15 is 0 Å². The smallest absolute Gasteiger partial charge is 0.110 e. The molecule has 2 N–H and O–H groups in total. The molecule has 0 bridgehead atoms. The van der Waals surface area contributed by atoms with Gasteiger partial charge in [-0.05, 0) is 30.5 Å². The van der Waals surface area contributed by atoms with Crippen LogP contribution in [0, 0.1) is 0 Å². The molecule has 1 saturated heterocycles. The van der Waals surface area contributed by atoms with Gasteiger partial charge in [0.25, 0.3) is 0 Å². The predicted octanol–water partition coefficient (Wildman–Crippen LogP) is 2.28. The van der Waals surface area contributed by atoms with Crippen LogP contribution >= 0.6 is 0 Å². The molecule has 106 valence electrons. The number of rotatable bonds is 4. The van der Waals surface area contributed by atoms with Crippen LogP contribution in [-0.2, 0) is 13.2 Å². The lowest BCUT2D eigenvalue weighted by atomic mass is 9.97. The van der Waals surface area contributed by atoms with Crippen molar-refractivity contribution in [1.82, 2.24) is 14.9 Å². The minimum absolute atomic E-state index is 0.116. The van der Waals surface area contributed by atoms with Crippen LogP contribution in [-0.4, -0.2) is 33.1 Å². The molecule has 1 aromatic heterocycles. The molecule has 1 aliphatic heterocycles. The highest BCUT2D eigenvalue weighted by Crippen LogP contribution is 2.25. The lowest BCUT2D eigenvalue weighted by Gasteiger charge is -2.31. The Labute approximate surface area is 119 Å². The monoisotopic (exact) mass is 271 g/mol. The Balaban J connectivity index is 1.62. The Hall–Kier alpha value is -1.65. The van der Waals surface area contributed by atoms with Crippen molar-refractivity contribution in [1.29, 1.82) is 0 Å². The second kappa shape index (κ2) is 6.20. The van der Waals surface area contributed by atoms with Gasteiger partial charge >= 0.3 is 0 Å². The lowest BCUT2D eigenvalue weighted by molar-refractivity contribution is 0.197. The molecule has 0 aliphatic carbocycles. The summed E-state index contributed by atoms with van der Waals surface area (Å²) in [5.74, 6) is 1.64. The summed E-state index contributed by atoms with van der Waals surface area (Å²) in [6, 6.07) is 8.23. The van der Waals surface area contributed by atoms with Crippen molar-refractivity contribution in [3.63, 3.8) is 0 Å². The van der Waals surface area contributed by atoms with Crippen molar-refractivity contribution in [3.8, 4) is 0 Å². The Morgan fingerprint density at radius 1 is 1.25 bits per heavy atom. The van der Waals surface area contributed by atoms with Crippen LogP contribution in [0.15, 0.2) is 36.7 Å². The van der Waals surface area contributed by atoms with E-state index in [1.165, 1.54) is 18.4 Å². The quantitative estimate of drug-likeness (QED) is 0.897. The van der Waals surface area contributed by atoms with E-state index in [0.29, 0.717) is 5.92 Å². The number of nitrogens with zero attached hydrogens (tertiary/aromatic N) is 2. The number of aromatic nitrogens is 2. The number of H-pyrrole nitrogens is 1. The van der Waals surface area contributed by atoms with Gasteiger partial charge in [0.2, 0.25) is 0 Å². The fraction of sp³-hybridized carbons (Fsp3) is 0.438. The van der Waals surface area contributed by atoms with E-state index in [-0.39, 0.29) is 6.61 Å². The number of aliphatic hydroxyl groups is 1. The zero-order valence-electron chi connectivity index (χ0n) is 11.6. The molecule has 1 aliphatic rings. The third kappa shape index (κ3) is 3.08. The van der Waals surface area contributed by atoms with E-state index in [1.54, 1.807) is 0 Å². The van der Waals surface area contributed by atoms with E-state index in [1.807, 2.05) is 24.5 Å². The third-order valence-electron chi connectivity index (χ3n) is 4.02. The molecule has 0 radical (unpaired) electrons. The van der Waals surface area contributed by atoms with Crippen LogP contribution in [0.1, 0.15) is 35.7 Å². The molecule has 0 spiro atoms. The van der Waals surface area contributed by atoms with Crippen LogP contribution in [0.5, 0.6) is 0 Å². The molecule has 1 unspecified atom stereocenters. The SMILES string of the molecule is OCc1ccc(CN2CCCC(c3ncc[nH]3)C2)cc1. The van der Waals surface area contributed by atoms with Gasteiger partial charge < -0.3 is 10.1 Å². The van der Waals surface area contributed by atoms with Crippen LogP contribution in [0.25, 0.3) is 0 Å². The van der Waals surface area contributed by atoms with Crippen molar-refractivity contribution in [2.24, 2.45) is 0 Å². The summed E-state index contributed by atoms with van der Waals surface area (Å²) in [6.07, 6.45) is 6.18. The third-order valence-corrected chi connectivity index (χ3v) is 4.02. The first-order chi connectivity index (χ1) is 9.85. The van der Waals surface area contributed by atoms with E-state index in [0.717, 1.165) is 31.0 Å². The number of aromatic amines is 1. The maximum Gasteiger partial charge on any atom is 0.110 e. The number of benzene rings is 1. The Morgan fingerprint density at radius 2 is 2.05 bits per heavy atom. The van der Waals surface area contributed by atoms with Gasteiger partial charge in [0.1, 0.15) is 5.82 Å².